The fourth-order valence-electron chi connectivity index (χ4n) is 3.92. The van der Waals surface area contributed by atoms with Gasteiger partial charge in [-0.15, -0.1) is 0 Å². The number of hydrogen-bond acceptors (Lipinski definition) is 2. The van der Waals surface area contributed by atoms with Gasteiger partial charge >= 0.3 is 7.60 Å². The number of quaternary nitrogens is 1. The SMILES string of the molecule is CCC/C=C\CCCCCCCCCCCCCCC(O)(C[N+](C)(C)C)P(=O)(O)O. The molecule has 0 saturated carbocycles. The Morgan fingerprint density at radius 3 is 1.53 bits per heavy atom. The summed E-state index contributed by atoms with van der Waals surface area (Å²) in [5.41, 5.74) is 0. The highest BCUT2D eigenvalue weighted by atomic mass is 31.2. The highest BCUT2D eigenvalue weighted by Crippen LogP contribution is 2.52. The lowest BCUT2D eigenvalue weighted by atomic mass is 10.0. The molecule has 6 heteroatoms. The highest BCUT2D eigenvalue weighted by Gasteiger charge is 2.48. The molecule has 3 N–H and O–H groups in total. The van der Waals surface area contributed by atoms with Gasteiger partial charge in [-0.2, -0.15) is 0 Å². The van der Waals surface area contributed by atoms with Crippen LogP contribution in [0.5, 0.6) is 0 Å². The van der Waals surface area contributed by atoms with Crippen molar-refractivity contribution < 1.29 is 23.9 Å². The summed E-state index contributed by atoms with van der Waals surface area (Å²) in [6, 6.07) is 0. The molecule has 0 radical (unpaired) electrons. The summed E-state index contributed by atoms with van der Waals surface area (Å²) < 4.78 is 12.1. The first-order valence-corrected chi connectivity index (χ1v) is 13.9. The van der Waals surface area contributed by atoms with Crippen LogP contribution in [0.15, 0.2) is 12.2 Å². The zero-order chi connectivity index (χ0) is 22.9. The van der Waals surface area contributed by atoms with Crippen molar-refractivity contribution >= 4 is 7.60 Å². The molecule has 0 aliphatic carbocycles. The first-order chi connectivity index (χ1) is 14.0. The van der Waals surface area contributed by atoms with Crippen LogP contribution in [-0.4, -0.2) is 52.4 Å². The fourth-order valence-corrected chi connectivity index (χ4v) is 4.97. The molecule has 5 nitrogen and oxygen atoms in total. The molecule has 0 aromatic carbocycles. The molecule has 0 bridgehead atoms. The van der Waals surface area contributed by atoms with Crippen molar-refractivity contribution in [3.63, 3.8) is 0 Å². The maximum absolute atomic E-state index is 11.8. The zero-order valence-corrected chi connectivity index (χ0v) is 21.2. The standard InChI is InChI=1S/C24H50NO4P/c1-5-6-7-8-9-10-11-12-13-14-15-16-17-18-19-20-21-22-24(26,30(27,28)29)23-25(2,3)4/h7-8,26H,5-6,9-23H2,1-4H3,(H-,27,28,29)/p+1/b8-7-. The monoisotopic (exact) mass is 448 g/mol. The van der Waals surface area contributed by atoms with Gasteiger partial charge in [-0.3, -0.25) is 4.57 Å². The third-order valence-electron chi connectivity index (χ3n) is 5.59. The Hall–Kier alpha value is -0.190. The second kappa shape index (κ2) is 16.4. The van der Waals surface area contributed by atoms with Gasteiger partial charge in [-0.05, 0) is 32.1 Å². The molecule has 0 amide bonds. The number of hydrogen-bond donors (Lipinski definition) is 3. The largest absolute Gasteiger partial charge is 0.373 e. The smallest absolute Gasteiger partial charge is 0.362 e. The first-order valence-electron chi connectivity index (χ1n) is 12.3. The Morgan fingerprint density at radius 2 is 1.13 bits per heavy atom. The fraction of sp³-hybridized carbons (Fsp3) is 0.917. The number of unbranched alkanes of at least 4 members (excludes halogenated alkanes) is 13. The van der Waals surface area contributed by atoms with E-state index < -0.39 is 12.9 Å². The minimum Gasteiger partial charge on any atom is -0.373 e. The van der Waals surface area contributed by atoms with E-state index in [4.69, 9.17) is 0 Å². The maximum Gasteiger partial charge on any atom is 0.362 e. The van der Waals surface area contributed by atoms with Gasteiger partial charge in [0.2, 0.25) is 5.34 Å². The Kier molecular flexibility index (Phi) is 16.3. The minimum absolute atomic E-state index is 0.0623. The van der Waals surface area contributed by atoms with Crippen molar-refractivity contribution in [2.75, 3.05) is 27.7 Å². The molecule has 0 aliphatic heterocycles. The molecule has 0 aromatic rings. The summed E-state index contributed by atoms with van der Waals surface area (Å²) in [5.74, 6) is 0. The average molecular weight is 449 g/mol. The van der Waals surface area contributed by atoms with Gasteiger partial charge < -0.3 is 19.4 Å². The summed E-state index contributed by atoms with van der Waals surface area (Å²) in [7, 11) is 0.981. The molecule has 180 valence electrons. The lowest BCUT2D eigenvalue weighted by Gasteiger charge is -2.35. The molecule has 0 rings (SSSR count). The van der Waals surface area contributed by atoms with Gasteiger partial charge in [-0.25, -0.2) is 0 Å². The van der Waals surface area contributed by atoms with E-state index in [0.29, 0.717) is 10.9 Å². The van der Waals surface area contributed by atoms with Crippen LogP contribution in [0.1, 0.15) is 110 Å². The average Bonchev–Trinajstić information content (AvgIpc) is 2.62. The van der Waals surface area contributed by atoms with Crippen LogP contribution in [-0.2, 0) is 4.57 Å². The van der Waals surface area contributed by atoms with Crippen molar-refractivity contribution in [1.82, 2.24) is 0 Å². The highest BCUT2D eigenvalue weighted by molar-refractivity contribution is 7.53. The lowest BCUT2D eigenvalue weighted by Crippen LogP contribution is -2.49. The van der Waals surface area contributed by atoms with Crippen LogP contribution in [0.3, 0.4) is 0 Å². The predicted molar refractivity (Wildman–Crippen MR) is 129 cm³/mol. The third kappa shape index (κ3) is 16.5. The Balaban J connectivity index is 3.62. The molecular formula is C24H51NO4P+. The van der Waals surface area contributed by atoms with Crippen LogP contribution >= 0.6 is 7.60 Å². The van der Waals surface area contributed by atoms with Crippen LogP contribution in [0.4, 0.5) is 0 Å². The zero-order valence-electron chi connectivity index (χ0n) is 20.3. The van der Waals surface area contributed by atoms with E-state index in [1.165, 1.54) is 77.0 Å². The molecule has 30 heavy (non-hydrogen) atoms. The molecular weight excluding hydrogens is 397 g/mol. The van der Waals surface area contributed by atoms with E-state index in [0.717, 1.165) is 12.8 Å². The molecule has 1 atom stereocenters. The van der Waals surface area contributed by atoms with E-state index in [-0.39, 0.29) is 13.0 Å². The molecule has 0 spiro atoms. The van der Waals surface area contributed by atoms with E-state index in [1.54, 1.807) is 0 Å². The molecule has 0 aromatic heterocycles. The second-order valence-electron chi connectivity index (χ2n) is 10.0. The first kappa shape index (κ1) is 29.8. The van der Waals surface area contributed by atoms with Crippen LogP contribution in [0.2, 0.25) is 0 Å². The van der Waals surface area contributed by atoms with Gasteiger partial charge in [0.05, 0.1) is 21.1 Å². The van der Waals surface area contributed by atoms with Gasteiger partial charge in [0.1, 0.15) is 6.54 Å². The summed E-state index contributed by atoms with van der Waals surface area (Å²) in [5, 5.41) is 8.62. The summed E-state index contributed by atoms with van der Waals surface area (Å²) >= 11 is 0. The maximum atomic E-state index is 11.8. The Bertz CT molecular complexity index is 484. The third-order valence-corrected chi connectivity index (χ3v) is 7.04. The van der Waals surface area contributed by atoms with Crippen molar-refractivity contribution in [2.24, 2.45) is 0 Å². The van der Waals surface area contributed by atoms with Gasteiger partial charge in [-0.1, -0.05) is 89.7 Å². The summed E-state index contributed by atoms with van der Waals surface area (Å²) in [6.07, 6.45) is 22.9. The number of nitrogens with zero attached hydrogens (tertiary/aromatic N) is 1. The van der Waals surface area contributed by atoms with Crippen molar-refractivity contribution in [1.29, 1.82) is 0 Å². The Morgan fingerprint density at radius 1 is 0.733 bits per heavy atom. The van der Waals surface area contributed by atoms with Gasteiger partial charge in [0.15, 0.2) is 0 Å². The van der Waals surface area contributed by atoms with Crippen molar-refractivity contribution in [3.05, 3.63) is 12.2 Å². The van der Waals surface area contributed by atoms with Gasteiger partial charge in [0, 0.05) is 0 Å². The van der Waals surface area contributed by atoms with Crippen LogP contribution < -0.4 is 0 Å². The molecule has 0 heterocycles. The van der Waals surface area contributed by atoms with Crippen molar-refractivity contribution in [2.45, 2.75) is 115 Å². The number of likely N-dealkylation sites (N-methyl/N-ethyl adjacent to an activating group) is 1. The molecule has 1 unspecified atom stereocenters. The van der Waals surface area contributed by atoms with E-state index in [2.05, 4.69) is 19.1 Å². The number of allylic oxidation sites excluding steroid dienone is 2. The van der Waals surface area contributed by atoms with Gasteiger partial charge in [0.25, 0.3) is 0 Å². The molecule has 0 saturated heterocycles. The predicted octanol–water partition coefficient (Wildman–Crippen LogP) is 6.38. The van der Waals surface area contributed by atoms with Crippen molar-refractivity contribution in [3.8, 4) is 0 Å². The van der Waals surface area contributed by atoms with E-state index in [1.807, 2.05) is 21.1 Å². The normalized spacial score (nSPS) is 15.0. The number of aliphatic hydroxyl groups is 1. The van der Waals surface area contributed by atoms with E-state index in [9.17, 15) is 19.5 Å². The summed E-state index contributed by atoms with van der Waals surface area (Å²) in [4.78, 5) is 19.2. The minimum atomic E-state index is -4.54. The Labute approximate surface area is 186 Å². The quantitative estimate of drug-likeness (QED) is 0.0874. The van der Waals surface area contributed by atoms with Crippen LogP contribution in [0, 0.1) is 0 Å². The number of rotatable bonds is 20. The van der Waals surface area contributed by atoms with Crippen LogP contribution in [0.25, 0.3) is 0 Å². The second-order valence-corrected chi connectivity index (χ2v) is 11.9. The molecule has 0 fully saturated rings. The molecule has 0 aliphatic rings. The lowest BCUT2D eigenvalue weighted by molar-refractivity contribution is -0.875. The van der Waals surface area contributed by atoms with E-state index >= 15 is 0 Å². The summed E-state index contributed by atoms with van der Waals surface area (Å²) in [6.45, 7) is 2.28. The topological polar surface area (TPSA) is 77.8 Å².